The lowest BCUT2D eigenvalue weighted by atomic mass is 10.1. The van der Waals surface area contributed by atoms with Crippen LogP contribution in [0.4, 0.5) is 0 Å². The Morgan fingerprint density at radius 1 is 0.297 bits per heavy atom. The average molecular weight is 526 g/mol. The third kappa shape index (κ3) is 35.9. The van der Waals surface area contributed by atoms with Crippen molar-refractivity contribution in [3.05, 3.63) is 0 Å². The minimum absolute atomic E-state index is 0.903. The zero-order valence-electron chi connectivity index (χ0n) is 25.9. The van der Waals surface area contributed by atoms with Crippen LogP contribution in [0.25, 0.3) is 0 Å². The number of ether oxygens (including phenoxy) is 2. The first kappa shape index (κ1) is 36.9. The second-order valence-electron chi connectivity index (χ2n) is 11.5. The molecule has 0 saturated carbocycles. The van der Waals surface area contributed by atoms with Gasteiger partial charge in [-0.2, -0.15) is 0 Å². The lowest BCUT2D eigenvalue weighted by molar-refractivity contribution is 0.123. The summed E-state index contributed by atoms with van der Waals surface area (Å²) < 4.78 is 11.6. The summed E-state index contributed by atoms with van der Waals surface area (Å²) in [7, 11) is 0. The van der Waals surface area contributed by atoms with Crippen molar-refractivity contribution in [1.29, 1.82) is 0 Å². The van der Waals surface area contributed by atoms with Gasteiger partial charge < -0.3 is 14.8 Å². The Morgan fingerprint density at radius 3 is 0.838 bits per heavy atom. The fourth-order valence-electron chi connectivity index (χ4n) is 5.02. The molecule has 0 amide bonds. The summed E-state index contributed by atoms with van der Waals surface area (Å²) in [5.74, 6) is 0. The Hall–Kier alpha value is -0.120. The molecule has 0 aromatic carbocycles. The lowest BCUT2D eigenvalue weighted by Gasteiger charge is -2.07. The maximum Gasteiger partial charge on any atom is 0.0478 e. The van der Waals surface area contributed by atoms with Crippen molar-refractivity contribution in [2.45, 2.75) is 181 Å². The zero-order chi connectivity index (χ0) is 26.7. The molecule has 0 unspecified atom stereocenters. The van der Waals surface area contributed by atoms with Gasteiger partial charge in [-0.3, -0.25) is 0 Å². The molecule has 0 aromatic rings. The molecule has 0 radical (unpaired) electrons. The molecule has 0 rings (SSSR count). The van der Waals surface area contributed by atoms with Crippen molar-refractivity contribution in [3.63, 3.8) is 0 Å². The van der Waals surface area contributed by atoms with Crippen molar-refractivity contribution < 1.29 is 9.47 Å². The van der Waals surface area contributed by atoms with E-state index in [-0.39, 0.29) is 0 Å². The van der Waals surface area contributed by atoms with E-state index in [1.807, 2.05) is 0 Å². The van der Waals surface area contributed by atoms with Crippen LogP contribution in [0.3, 0.4) is 0 Å². The highest BCUT2D eigenvalue weighted by Gasteiger charge is 1.96. The summed E-state index contributed by atoms with van der Waals surface area (Å²) in [5.41, 5.74) is 0. The molecule has 37 heavy (non-hydrogen) atoms. The molecular formula is C34H71NO2. The summed E-state index contributed by atoms with van der Waals surface area (Å²) in [6.45, 7) is 10.4. The highest BCUT2D eigenvalue weighted by Crippen LogP contribution is 2.13. The van der Waals surface area contributed by atoms with Crippen molar-refractivity contribution >= 4 is 0 Å². The third-order valence-corrected chi connectivity index (χ3v) is 7.57. The van der Waals surface area contributed by atoms with Crippen LogP contribution in [-0.2, 0) is 9.47 Å². The Labute approximate surface area is 235 Å². The van der Waals surface area contributed by atoms with E-state index in [0.29, 0.717) is 0 Å². The minimum atomic E-state index is 0.903. The first-order valence-corrected chi connectivity index (χ1v) is 17.3. The van der Waals surface area contributed by atoms with E-state index < -0.39 is 0 Å². The molecule has 0 heterocycles. The van der Waals surface area contributed by atoms with Crippen molar-refractivity contribution in [3.8, 4) is 0 Å². The molecule has 0 atom stereocenters. The van der Waals surface area contributed by atoms with E-state index in [1.165, 1.54) is 154 Å². The Balaban J connectivity index is 3.00. The van der Waals surface area contributed by atoms with Crippen LogP contribution in [-0.4, -0.2) is 39.5 Å². The summed E-state index contributed by atoms with van der Waals surface area (Å²) in [4.78, 5) is 0. The molecule has 3 nitrogen and oxygen atoms in total. The predicted molar refractivity (Wildman–Crippen MR) is 166 cm³/mol. The highest BCUT2D eigenvalue weighted by molar-refractivity contribution is 4.51. The van der Waals surface area contributed by atoms with Crippen molar-refractivity contribution in [2.75, 3.05) is 39.5 Å². The summed E-state index contributed by atoms with van der Waals surface area (Å²) >= 11 is 0. The average Bonchev–Trinajstić information content (AvgIpc) is 2.91. The normalized spacial score (nSPS) is 11.5. The van der Waals surface area contributed by atoms with E-state index in [2.05, 4.69) is 19.2 Å². The standard InChI is InChI=1S/C34H71NO2/c1-3-5-7-9-11-13-15-17-19-21-23-25-31-36-33-27-29-35-30-28-34-37-32-26-24-22-20-18-16-14-12-10-8-6-4-2/h35H,3-34H2,1-2H3. The molecule has 224 valence electrons. The van der Waals surface area contributed by atoms with Gasteiger partial charge in [0.2, 0.25) is 0 Å². The zero-order valence-corrected chi connectivity index (χ0v) is 25.9. The van der Waals surface area contributed by atoms with Crippen LogP contribution in [0.2, 0.25) is 0 Å². The Morgan fingerprint density at radius 2 is 0.541 bits per heavy atom. The number of hydrogen-bond acceptors (Lipinski definition) is 3. The number of hydrogen-bond donors (Lipinski definition) is 1. The number of nitrogens with one attached hydrogen (secondary N) is 1. The predicted octanol–water partition coefficient (Wildman–Crippen LogP) is 10.8. The van der Waals surface area contributed by atoms with Crippen LogP contribution in [0.1, 0.15) is 181 Å². The van der Waals surface area contributed by atoms with Gasteiger partial charge in [-0.15, -0.1) is 0 Å². The molecule has 0 saturated heterocycles. The monoisotopic (exact) mass is 526 g/mol. The second kappa shape index (κ2) is 35.9. The van der Waals surface area contributed by atoms with Gasteiger partial charge in [0.1, 0.15) is 0 Å². The molecule has 1 N–H and O–H groups in total. The van der Waals surface area contributed by atoms with E-state index in [4.69, 9.17) is 9.47 Å². The van der Waals surface area contributed by atoms with E-state index in [0.717, 1.165) is 52.4 Å². The number of rotatable bonds is 34. The first-order valence-electron chi connectivity index (χ1n) is 17.3. The fraction of sp³-hybridized carbons (Fsp3) is 1.00. The smallest absolute Gasteiger partial charge is 0.0478 e. The summed E-state index contributed by atoms with van der Waals surface area (Å²) in [5, 5.41) is 3.52. The molecule has 0 spiro atoms. The quantitative estimate of drug-likeness (QED) is 0.0847. The molecular weight excluding hydrogens is 454 g/mol. The van der Waals surface area contributed by atoms with Crippen LogP contribution < -0.4 is 5.32 Å². The van der Waals surface area contributed by atoms with Gasteiger partial charge in [0.05, 0.1) is 0 Å². The van der Waals surface area contributed by atoms with Gasteiger partial charge >= 0.3 is 0 Å². The minimum Gasteiger partial charge on any atom is -0.381 e. The molecule has 3 heteroatoms. The van der Waals surface area contributed by atoms with Gasteiger partial charge in [0, 0.05) is 26.4 Å². The van der Waals surface area contributed by atoms with E-state index >= 15 is 0 Å². The molecule has 0 bridgehead atoms. The first-order chi connectivity index (χ1) is 18.4. The molecule has 0 aliphatic rings. The van der Waals surface area contributed by atoms with Crippen molar-refractivity contribution in [1.82, 2.24) is 5.32 Å². The van der Waals surface area contributed by atoms with Gasteiger partial charge in [0.15, 0.2) is 0 Å². The van der Waals surface area contributed by atoms with Gasteiger partial charge in [-0.1, -0.05) is 155 Å². The second-order valence-corrected chi connectivity index (χ2v) is 11.5. The SMILES string of the molecule is CCCCCCCCCCCCCCOCCCNCCCOCCCCCCCCCCCCCC. The Bertz CT molecular complexity index is 343. The van der Waals surface area contributed by atoms with E-state index in [9.17, 15) is 0 Å². The van der Waals surface area contributed by atoms with Crippen LogP contribution in [0, 0.1) is 0 Å². The summed E-state index contributed by atoms with van der Waals surface area (Å²) in [6.07, 6.45) is 36.0. The molecule has 0 aromatic heterocycles. The summed E-state index contributed by atoms with van der Waals surface area (Å²) in [6, 6.07) is 0. The largest absolute Gasteiger partial charge is 0.381 e. The van der Waals surface area contributed by atoms with Crippen molar-refractivity contribution in [2.24, 2.45) is 0 Å². The fourth-order valence-corrected chi connectivity index (χ4v) is 5.02. The lowest BCUT2D eigenvalue weighted by Crippen LogP contribution is -2.19. The van der Waals surface area contributed by atoms with Crippen LogP contribution >= 0.6 is 0 Å². The number of unbranched alkanes of at least 4 members (excludes halogenated alkanes) is 22. The molecule has 0 fully saturated rings. The topological polar surface area (TPSA) is 30.5 Å². The maximum atomic E-state index is 5.80. The maximum absolute atomic E-state index is 5.80. The van der Waals surface area contributed by atoms with Gasteiger partial charge in [0.25, 0.3) is 0 Å². The van der Waals surface area contributed by atoms with Crippen LogP contribution in [0.15, 0.2) is 0 Å². The highest BCUT2D eigenvalue weighted by atomic mass is 16.5. The Kier molecular flexibility index (Phi) is 35.8. The van der Waals surface area contributed by atoms with Gasteiger partial charge in [-0.25, -0.2) is 0 Å². The molecule has 0 aliphatic heterocycles. The van der Waals surface area contributed by atoms with E-state index in [1.54, 1.807) is 0 Å². The van der Waals surface area contributed by atoms with Gasteiger partial charge in [-0.05, 0) is 38.8 Å². The molecule has 0 aliphatic carbocycles. The third-order valence-electron chi connectivity index (χ3n) is 7.57. The van der Waals surface area contributed by atoms with Crippen LogP contribution in [0.5, 0.6) is 0 Å².